The molecule has 1 saturated carbocycles. The summed E-state index contributed by atoms with van der Waals surface area (Å²) in [4.78, 5) is 30.3. The van der Waals surface area contributed by atoms with Crippen LogP contribution in [0.3, 0.4) is 0 Å². The average Bonchev–Trinajstić information content (AvgIpc) is 3.57. The van der Waals surface area contributed by atoms with Crippen molar-refractivity contribution in [3.05, 3.63) is 129 Å². The molecule has 1 aliphatic carbocycles. The van der Waals surface area contributed by atoms with E-state index in [0.29, 0.717) is 21.3 Å². The van der Waals surface area contributed by atoms with Gasteiger partial charge in [0.1, 0.15) is 12.6 Å². The van der Waals surface area contributed by atoms with E-state index < -0.39 is 28.5 Å². The normalized spacial score (nSPS) is 14.0. The molecule has 1 fully saturated rings. The summed E-state index contributed by atoms with van der Waals surface area (Å²) < 4.78 is 29.5. The number of nitrogens with one attached hydrogen (secondary N) is 1. The standard InChI is InChI=1S/C37H39Cl2N3O4S/c1-26-17-20-32(21-27(26)2)42(47(45,46)33-15-7-4-8-16-33)25-36(43)41(24-29-18-19-30(38)23-34(29)39)35(22-28-11-5-3-6-12-28)37(44)40-31-13-9-10-14-31/h3-8,11-12,15-21,23,31,35H,9-10,13-14,22,24-25H2,1-2H3,(H,40,44)/t35-/m1/s1. The van der Waals surface area contributed by atoms with Crippen molar-refractivity contribution in [2.24, 2.45) is 0 Å². The van der Waals surface area contributed by atoms with Crippen molar-refractivity contribution in [2.45, 2.75) is 69.5 Å². The van der Waals surface area contributed by atoms with Gasteiger partial charge >= 0.3 is 0 Å². The first kappa shape index (κ1) is 34.5. The van der Waals surface area contributed by atoms with Crippen LogP contribution in [0.2, 0.25) is 10.0 Å². The van der Waals surface area contributed by atoms with E-state index >= 15 is 0 Å². The highest BCUT2D eigenvalue weighted by molar-refractivity contribution is 7.92. The molecule has 7 nitrogen and oxygen atoms in total. The van der Waals surface area contributed by atoms with Crippen molar-refractivity contribution in [1.29, 1.82) is 0 Å². The maximum Gasteiger partial charge on any atom is 0.264 e. The first-order valence-corrected chi connectivity index (χ1v) is 18.0. The van der Waals surface area contributed by atoms with E-state index in [2.05, 4.69) is 5.32 Å². The predicted molar refractivity (Wildman–Crippen MR) is 188 cm³/mol. The molecule has 5 rings (SSSR count). The first-order valence-electron chi connectivity index (χ1n) is 15.8. The van der Waals surface area contributed by atoms with Crippen molar-refractivity contribution in [1.82, 2.24) is 10.2 Å². The Morgan fingerprint density at radius 1 is 0.851 bits per heavy atom. The SMILES string of the molecule is Cc1ccc(N(CC(=O)N(Cc2ccc(Cl)cc2Cl)[C@H](Cc2ccccc2)C(=O)NC2CCCC2)S(=O)(=O)c2ccccc2)cc1C. The molecule has 1 atom stereocenters. The third kappa shape index (κ3) is 8.55. The number of nitrogens with zero attached hydrogens (tertiary/aromatic N) is 2. The molecule has 0 bridgehead atoms. The van der Waals surface area contributed by atoms with Crippen LogP contribution < -0.4 is 9.62 Å². The van der Waals surface area contributed by atoms with Crippen LogP contribution in [0.5, 0.6) is 0 Å². The molecule has 0 aliphatic heterocycles. The fraction of sp³-hybridized carbons (Fsp3) is 0.297. The lowest BCUT2D eigenvalue weighted by Crippen LogP contribution is -2.54. The monoisotopic (exact) mass is 691 g/mol. The summed E-state index contributed by atoms with van der Waals surface area (Å²) in [5.74, 6) is -0.834. The first-order chi connectivity index (χ1) is 22.5. The van der Waals surface area contributed by atoms with Gasteiger partial charge < -0.3 is 10.2 Å². The maximum atomic E-state index is 14.7. The molecule has 246 valence electrons. The summed E-state index contributed by atoms with van der Waals surface area (Å²) in [6.07, 6.45) is 4.03. The van der Waals surface area contributed by atoms with Crippen LogP contribution in [-0.2, 0) is 32.6 Å². The number of benzene rings is 4. The molecule has 4 aromatic rings. The molecule has 0 spiro atoms. The van der Waals surface area contributed by atoms with Gasteiger partial charge in [0.25, 0.3) is 10.0 Å². The Morgan fingerprint density at radius 2 is 1.51 bits per heavy atom. The van der Waals surface area contributed by atoms with E-state index in [4.69, 9.17) is 23.2 Å². The van der Waals surface area contributed by atoms with Gasteiger partial charge in [-0.25, -0.2) is 8.42 Å². The average molecular weight is 693 g/mol. The summed E-state index contributed by atoms with van der Waals surface area (Å²) in [5, 5.41) is 3.96. The lowest BCUT2D eigenvalue weighted by Gasteiger charge is -2.34. The van der Waals surface area contributed by atoms with E-state index in [9.17, 15) is 18.0 Å². The zero-order valence-electron chi connectivity index (χ0n) is 26.5. The fourth-order valence-corrected chi connectivity index (χ4v) is 7.78. The number of carbonyl (C=O) groups excluding carboxylic acids is 2. The lowest BCUT2D eigenvalue weighted by molar-refractivity contribution is -0.140. The van der Waals surface area contributed by atoms with Crippen LogP contribution in [0.25, 0.3) is 0 Å². The molecule has 47 heavy (non-hydrogen) atoms. The Labute approximate surface area is 287 Å². The van der Waals surface area contributed by atoms with Gasteiger partial charge in [-0.2, -0.15) is 0 Å². The second kappa shape index (κ2) is 15.4. The van der Waals surface area contributed by atoms with Crippen molar-refractivity contribution in [3.63, 3.8) is 0 Å². The molecular weight excluding hydrogens is 653 g/mol. The lowest BCUT2D eigenvalue weighted by atomic mass is 10.0. The molecule has 0 unspecified atom stereocenters. The second-order valence-electron chi connectivity index (χ2n) is 12.0. The van der Waals surface area contributed by atoms with Crippen molar-refractivity contribution >= 4 is 50.7 Å². The Balaban J connectivity index is 1.59. The quantitative estimate of drug-likeness (QED) is 0.167. The van der Waals surface area contributed by atoms with Gasteiger partial charge in [0.2, 0.25) is 11.8 Å². The summed E-state index contributed by atoms with van der Waals surface area (Å²) in [6.45, 7) is 3.27. The highest BCUT2D eigenvalue weighted by Gasteiger charge is 2.36. The van der Waals surface area contributed by atoms with Gasteiger partial charge in [-0.1, -0.05) is 96.7 Å². The third-order valence-electron chi connectivity index (χ3n) is 8.72. The van der Waals surface area contributed by atoms with E-state index in [1.54, 1.807) is 48.5 Å². The Morgan fingerprint density at radius 3 is 2.15 bits per heavy atom. The van der Waals surface area contributed by atoms with Gasteiger partial charge in [-0.15, -0.1) is 0 Å². The smallest absolute Gasteiger partial charge is 0.264 e. The zero-order valence-corrected chi connectivity index (χ0v) is 28.9. The van der Waals surface area contributed by atoms with Crippen molar-refractivity contribution in [2.75, 3.05) is 10.8 Å². The van der Waals surface area contributed by atoms with Crippen LogP contribution in [-0.4, -0.2) is 43.8 Å². The van der Waals surface area contributed by atoms with E-state index in [-0.39, 0.29) is 29.8 Å². The van der Waals surface area contributed by atoms with Gasteiger partial charge in [0.05, 0.1) is 10.6 Å². The molecule has 1 aliphatic rings. The largest absolute Gasteiger partial charge is 0.352 e. The third-order valence-corrected chi connectivity index (χ3v) is 11.1. The molecule has 4 aromatic carbocycles. The number of rotatable bonds is 12. The molecule has 10 heteroatoms. The summed E-state index contributed by atoms with van der Waals surface area (Å²) in [6, 6.07) is 26.9. The number of hydrogen-bond acceptors (Lipinski definition) is 4. The number of carbonyl (C=O) groups is 2. The Kier molecular flexibility index (Phi) is 11.3. The Bertz CT molecular complexity index is 1810. The minimum absolute atomic E-state index is 0.0161. The summed E-state index contributed by atoms with van der Waals surface area (Å²) in [5.41, 5.74) is 3.67. The molecule has 1 N–H and O–H groups in total. The molecule has 0 radical (unpaired) electrons. The molecule has 2 amide bonds. The number of sulfonamides is 1. The Hall–Kier alpha value is -3.85. The van der Waals surface area contributed by atoms with Crippen molar-refractivity contribution in [3.8, 4) is 0 Å². The molecular formula is C37H39Cl2N3O4S. The van der Waals surface area contributed by atoms with Gasteiger partial charge in [0, 0.05) is 29.1 Å². The van der Waals surface area contributed by atoms with Crippen molar-refractivity contribution < 1.29 is 18.0 Å². The minimum Gasteiger partial charge on any atom is -0.352 e. The molecule has 0 saturated heterocycles. The van der Waals surface area contributed by atoms with Gasteiger partial charge in [0.15, 0.2) is 0 Å². The van der Waals surface area contributed by atoms with Crippen LogP contribution in [0.15, 0.2) is 102 Å². The van der Waals surface area contributed by atoms with E-state index in [0.717, 1.165) is 46.7 Å². The van der Waals surface area contributed by atoms with Crippen LogP contribution in [0, 0.1) is 13.8 Å². The highest BCUT2D eigenvalue weighted by Crippen LogP contribution is 2.29. The predicted octanol–water partition coefficient (Wildman–Crippen LogP) is 7.50. The number of anilines is 1. The van der Waals surface area contributed by atoms with Gasteiger partial charge in [-0.05, 0) is 85.3 Å². The summed E-state index contributed by atoms with van der Waals surface area (Å²) in [7, 11) is -4.18. The van der Waals surface area contributed by atoms with Crippen LogP contribution in [0.4, 0.5) is 5.69 Å². The minimum atomic E-state index is -4.18. The van der Waals surface area contributed by atoms with Gasteiger partial charge in [-0.3, -0.25) is 13.9 Å². The number of amides is 2. The summed E-state index contributed by atoms with van der Waals surface area (Å²) >= 11 is 12.8. The highest BCUT2D eigenvalue weighted by atomic mass is 35.5. The number of halogens is 2. The van der Waals surface area contributed by atoms with Crippen LogP contribution in [0.1, 0.15) is 47.9 Å². The van der Waals surface area contributed by atoms with E-state index in [1.807, 2.05) is 50.2 Å². The van der Waals surface area contributed by atoms with E-state index in [1.165, 1.54) is 17.0 Å². The second-order valence-corrected chi connectivity index (χ2v) is 14.8. The number of aryl methyl sites for hydroxylation is 2. The topological polar surface area (TPSA) is 86.8 Å². The number of hydrogen-bond donors (Lipinski definition) is 1. The molecule has 0 aromatic heterocycles. The maximum absolute atomic E-state index is 14.7. The zero-order chi connectivity index (χ0) is 33.6. The molecule has 0 heterocycles. The van der Waals surface area contributed by atoms with Crippen LogP contribution >= 0.6 is 23.2 Å². The fourth-order valence-electron chi connectivity index (χ4n) is 5.88.